The molecule has 1 amide bonds. The average Bonchev–Trinajstić information content (AvgIpc) is 2.56. The van der Waals surface area contributed by atoms with Gasteiger partial charge in [0.05, 0.1) is 6.42 Å². The van der Waals surface area contributed by atoms with Gasteiger partial charge in [-0.05, 0) is 29.8 Å². The Balaban J connectivity index is 1.59. The van der Waals surface area contributed by atoms with Crippen LogP contribution < -0.4 is 14.8 Å². The fourth-order valence-corrected chi connectivity index (χ4v) is 3.31. The standard InChI is InChI=1S/C19H21NO3S/c1-13(2)24-16-6-3-14(4-7-16)11-19(21)20-15-5-8-17-18(12-15)23-10-9-22-17/h3-8,12-13H,9-11H2,1-2H3,(H,20,21). The number of hydrogen-bond acceptors (Lipinski definition) is 4. The van der Waals surface area contributed by atoms with Crippen LogP contribution in [0.5, 0.6) is 11.5 Å². The van der Waals surface area contributed by atoms with E-state index in [1.807, 2.05) is 36.0 Å². The lowest BCUT2D eigenvalue weighted by Gasteiger charge is -2.19. The van der Waals surface area contributed by atoms with Gasteiger partial charge in [0.25, 0.3) is 0 Å². The van der Waals surface area contributed by atoms with Crippen molar-refractivity contribution in [2.24, 2.45) is 0 Å². The van der Waals surface area contributed by atoms with Gasteiger partial charge >= 0.3 is 0 Å². The number of nitrogens with one attached hydrogen (secondary N) is 1. The van der Waals surface area contributed by atoms with E-state index in [1.54, 1.807) is 6.07 Å². The number of thioether (sulfide) groups is 1. The summed E-state index contributed by atoms with van der Waals surface area (Å²) in [6.07, 6.45) is 0.348. The Morgan fingerprint density at radius 1 is 1.08 bits per heavy atom. The molecule has 1 aliphatic heterocycles. The Kier molecular flexibility index (Phi) is 5.30. The van der Waals surface area contributed by atoms with E-state index in [2.05, 4.69) is 31.3 Å². The van der Waals surface area contributed by atoms with Crippen molar-refractivity contribution < 1.29 is 14.3 Å². The van der Waals surface area contributed by atoms with E-state index >= 15 is 0 Å². The monoisotopic (exact) mass is 343 g/mol. The van der Waals surface area contributed by atoms with Crippen LogP contribution in [0.4, 0.5) is 5.69 Å². The van der Waals surface area contributed by atoms with E-state index < -0.39 is 0 Å². The van der Waals surface area contributed by atoms with E-state index in [-0.39, 0.29) is 5.91 Å². The third-order valence-electron chi connectivity index (χ3n) is 3.49. The maximum absolute atomic E-state index is 12.2. The van der Waals surface area contributed by atoms with E-state index in [4.69, 9.17) is 9.47 Å². The first-order chi connectivity index (χ1) is 11.6. The zero-order valence-corrected chi connectivity index (χ0v) is 14.7. The number of rotatable bonds is 5. The van der Waals surface area contributed by atoms with Crippen molar-refractivity contribution in [3.8, 4) is 11.5 Å². The van der Waals surface area contributed by atoms with Gasteiger partial charge in [-0.1, -0.05) is 26.0 Å². The van der Waals surface area contributed by atoms with Gasteiger partial charge in [-0.2, -0.15) is 0 Å². The molecule has 0 saturated heterocycles. The number of anilines is 1. The maximum atomic E-state index is 12.2. The van der Waals surface area contributed by atoms with Crippen molar-refractivity contribution in [3.63, 3.8) is 0 Å². The van der Waals surface area contributed by atoms with Crippen LogP contribution in [0.1, 0.15) is 19.4 Å². The molecule has 1 N–H and O–H groups in total. The highest BCUT2D eigenvalue weighted by Crippen LogP contribution is 2.32. The topological polar surface area (TPSA) is 47.6 Å². The molecule has 0 spiro atoms. The average molecular weight is 343 g/mol. The highest BCUT2D eigenvalue weighted by molar-refractivity contribution is 7.99. The number of fused-ring (bicyclic) bond motifs is 1. The zero-order valence-electron chi connectivity index (χ0n) is 13.9. The molecule has 0 bridgehead atoms. The fraction of sp³-hybridized carbons (Fsp3) is 0.316. The molecule has 0 fully saturated rings. The van der Waals surface area contributed by atoms with Crippen LogP contribution >= 0.6 is 11.8 Å². The maximum Gasteiger partial charge on any atom is 0.228 e. The molecule has 24 heavy (non-hydrogen) atoms. The normalized spacial score (nSPS) is 13.0. The van der Waals surface area contributed by atoms with Crippen molar-refractivity contribution in [2.75, 3.05) is 18.5 Å². The zero-order chi connectivity index (χ0) is 16.9. The highest BCUT2D eigenvalue weighted by Gasteiger charge is 2.13. The molecule has 2 aromatic rings. The Labute approximate surface area is 146 Å². The third-order valence-corrected chi connectivity index (χ3v) is 4.50. The summed E-state index contributed by atoms with van der Waals surface area (Å²) in [7, 11) is 0. The molecule has 1 heterocycles. The number of hydrogen-bond donors (Lipinski definition) is 1. The molecule has 0 aromatic heterocycles. The van der Waals surface area contributed by atoms with Crippen molar-refractivity contribution in [2.45, 2.75) is 30.4 Å². The summed E-state index contributed by atoms with van der Waals surface area (Å²) in [5, 5.41) is 3.46. The van der Waals surface area contributed by atoms with Crippen molar-refractivity contribution in [1.29, 1.82) is 0 Å². The van der Waals surface area contributed by atoms with Crippen LogP contribution in [0.2, 0.25) is 0 Å². The third kappa shape index (κ3) is 4.45. The van der Waals surface area contributed by atoms with Gasteiger partial charge in [0.15, 0.2) is 11.5 Å². The minimum atomic E-state index is -0.0454. The van der Waals surface area contributed by atoms with Crippen LogP contribution in [0.3, 0.4) is 0 Å². The first kappa shape index (κ1) is 16.7. The van der Waals surface area contributed by atoms with Gasteiger partial charge < -0.3 is 14.8 Å². The SMILES string of the molecule is CC(C)Sc1ccc(CC(=O)Nc2ccc3c(c2)OCCO3)cc1. The second kappa shape index (κ2) is 7.62. The minimum absolute atomic E-state index is 0.0454. The lowest BCUT2D eigenvalue weighted by molar-refractivity contribution is -0.115. The molecule has 0 aliphatic carbocycles. The summed E-state index contributed by atoms with van der Waals surface area (Å²) in [5.74, 6) is 1.35. The molecule has 3 rings (SSSR count). The number of carbonyl (C=O) groups is 1. The lowest BCUT2D eigenvalue weighted by atomic mass is 10.1. The van der Waals surface area contributed by atoms with Crippen LogP contribution in [0.25, 0.3) is 0 Å². The summed E-state index contributed by atoms with van der Waals surface area (Å²) in [6.45, 7) is 5.42. The Morgan fingerprint density at radius 2 is 1.79 bits per heavy atom. The Bertz CT molecular complexity index is 713. The Morgan fingerprint density at radius 3 is 2.50 bits per heavy atom. The van der Waals surface area contributed by atoms with Gasteiger partial charge in [0.1, 0.15) is 13.2 Å². The highest BCUT2D eigenvalue weighted by atomic mass is 32.2. The second-order valence-corrected chi connectivity index (χ2v) is 7.54. The molecule has 0 radical (unpaired) electrons. The number of ether oxygens (including phenoxy) is 2. The molecule has 4 nitrogen and oxygen atoms in total. The van der Waals surface area contributed by atoms with Gasteiger partial charge in [-0.25, -0.2) is 0 Å². The molecule has 0 saturated carbocycles. The van der Waals surface area contributed by atoms with Gasteiger partial charge in [-0.15, -0.1) is 11.8 Å². The van der Waals surface area contributed by atoms with E-state index in [1.165, 1.54) is 4.90 Å². The van der Waals surface area contributed by atoms with Crippen molar-refractivity contribution >= 4 is 23.4 Å². The van der Waals surface area contributed by atoms with E-state index in [0.717, 1.165) is 17.0 Å². The van der Waals surface area contributed by atoms with Gasteiger partial charge in [0, 0.05) is 21.9 Å². The number of benzene rings is 2. The molecule has 5 heteroatoms. The first-order valence-corrected chi connectivity index (χ1v) is 8.93. The second-order valence-electron chi connectivity index (χ2n) is 5.89. The Hall–Kier alpha value is -2.14. The van der Waals surface area contributed by atoms with Gasteiger partial charge in [-0.3, -0.25) is 4.79 Å². The smallest absolute Gasteiger partial charge is 0.228 e. The quantitative estimate of drug-likeness (QED) is 0.829. The van der Waals surface area contributed by atoms with Crippen LogP contribution in [0, 0.1) is 0 Å². The molecule has 1 aliphatic rings. The number of amides is 1. The predicted octanol–water partition coefficient (Wildman–Crippen LogP) is 4.14. The summed E-state index contributed by atoms with van der Waals surface area (Å²) < 4.78 is 11.0. The van der Waals surface area contributed by atoms with Crippen LogP contribution in [-0.2, 0) is 11.2 Å². The predicted molar refractivity (Wildman–Crippen MR) is 97.2 cm³/mol. The summed E-state index contributed by atoms with van der Waals surface area (Å²) in [6, 6.07) is 13.6. The summed E-state index contributed by atoms with van der Waals surface area (Å²) in [5.41, 5.74) is 1.72. The van der Waals surface area contributed by atoms with Crippen molar-refractivity contribution in [1.82, 2.24) is 0 Å². The van der Waals surface area contributed by atoms with Crippen LogP contribution in [-0.4, -0.2) is 24.4 Å². The molecule has 2 aromatic carbocycles. The van der Waals surface area contributed by atoms with E-state index in [0.29, 0.717) is 30.6 Å². The minimum Gasteiger partial charge on any atom is -0.486 e. The summed E-state index contributed by atoms with van der Waals surface area (Å²) >= 11 is 1.82. The molecule has 0 atom stereocenters. The molecule has 126 valence electrons. The fourth-order valence-electron chi connectivity index (χ4n) is 2.47. The molecular formula is C19H21NO3S. The number of carbonyl (C=O) groups excluding carboxylic acids is 1. The van der Waals surface area contributed by atoms with Gasteiger partial charge in [0.2, 0.25) is 5.91 Å². The van der Waals surface area contributed by atoms with E-state index in [9.17, 15) is 4.79 Å². The first-order valence-electron chi connectivity index (χ1n) is 8.05. The molecule has 0 unspecified atom stereocenters. The summed E-state index contributed by atoms with van der Waals surface area (Å²) in [4.78, 5) is 13.4. The van der Waals surface area contributed by atoms with Crippen molar-refractivity contribution in [3.05, 3.63) is 48.0 Å². The molecular weight excluding hydrogens is 322 g/mol. The largest absolute Gasteiger partial charge is 0.486 e. The lowest BCUT2D eigenvalue weighted by Crippen LogP contribution is -2.17. The van der Waals surface area contributed by atoms with Crippen LogP contribution in [0.15, 0.2) is 47.4 Å².